The van der Waals surface area contributed by atoms with Gasteiger partial charge in [-0.3, -0.25) is 0 Å². The maximum Gasteiger partial charge on any atom is 0.343 e. The van der Waals surface area contributed by atoms with Crippen LogP contribution in [0, 0.1) is 11.2 Å². The molecule has 19 heavy (non-hydrogen) atoms. The van der Waals surface area contributed by atoms with Crippen LogP contribution in [0.3, 0.4) is 0 Å². The third kappa shape index (κ3) is 3.25. The average molecular weight is 265 g/mol. The summed E-state index contributed by atoms with van der Waals surface area (Å²) in [5.41, 5.74) is 5.92. The van der Waals surface area contributed by atoms with E-state index in [2.05, 4.69) is 13.8 Å². The zero-order valence-corrected chi connectivity index (χ0v) is 11.4. The number of anilines is 1. The van der Waals surface area contributed by atoms with Crippen LogP contribution >= 0.6 is 0 Å². The van der Waals surface area contributed by atoms with Crippen LogP contribution in [0.1, 0.15) is 49.9 Å². The van der Waals surface area contributed by atoms with E-state index in [9.17, 15) is 9.18 Å². The summed E-state index contributed by atoms with van der Waals surface area (Å²) >= 11 is 0. The summed E-state index contributed by atoms with van der Waals surface area (Å²) in [5.74, 6) is -1.28. The van der Waals surface area contributed by atoms with Crippen molar-refractivity contribution < 1.29 is 13.9 Å². The summed E-state index contributed by atoms with van der Waals surface area (Å²) in [7, 11) is 0. The van der Waals surface area contributed by atoms with Gasteiger partial charge in [0.05, 0.1) is 0 Å². The fourth-order valence-electron chi connectivity index (χ4n) is 2.46. The Hall–Kier alpha value is -1.58. The Bertz CT molecular complexity index is 455. The topological polar surface area (TPSA) is 52.3 Å². The highest BCUT2D eigenvalue weighted by atomic mass is 19.1. The minimum Gasteiger partial charge on any atom is -0.459 e. The molecule has 0 saturated heterocycles. The highest BCUT2D eigenvalue weighted by Gasteiger charge is 2.29. The number of benzene rings is 1. The van der Waals surface area contributed by atoms with Crippen molar-refractivity contribution in [1.29, 1.82) is 0 Å². The SMILES string of the molecule is CC1(C)CCC(OC(=O)c2c(N)cccc2F)CC1. The molecule has 0 atom stereocenters. The Kier molecular flexibility index (Phi) is 3.78. The molecule has 4 heteroatoms. The molecule has 1 aliphatic rings. The van der Waals surface area contributed by atoms with Gasteiger partial charge in [0.2, 0.25) is 0 Å². The van der Waals surface area contributed by atoms with Crippen molar-refractivity contribution in [2.75, 3.05) is 5.73 Å². The lowest BCUT2D eigenvalue weighted by Gasteiger charge is -2.33. The van der Waals surface area contributed by atoms with Crippen LogP contribution in [0.5, 0.6) is 0 Å². The van der Waals surface area contributed by atoms with Gasteiger partial charge >= 0.3 is 5.97 Å². The molecule has 2 rings (SSSR count). The second-order valence-corrected chi connectivity index (χ2v) is 5.97. The van der Waals surface area contributed by atoms with Crippen LogP contribution in [-0.4, -0.2) is 12.1 Å². The molecular weight excluding hydrogens is 245 g/mol. The minimum atomic E-state index is -0.652. The van der Waals surface area contributed by atoms with Crippen LogP contribution in [0.25, 0.3) is 0 Å². The van der Waals surface area contributed by atoms with Crippen LogP contribution in [0.15, 0.2) is 18.2 Å². The summed E-state index contributed by atoms with van der Waals surface area (Å²) in [6.45, 7) is 4.42. The molecule has 2 N–H and O–H groups in total. The lowest BCUT2D eigenvalue weighted by Crippen LogP contribution is -2.28. The van der Waals surface area contributed by atoms with Crippen LogP contribution < -0.4 is 5.73 Å². The zero-order valence-electron chi connectivity index (χ0n) is 11.4. The monoisotopic (exact) mass is 265 g/mol. The molecule has 0 radical (unpaired) electrons. The number of nitrogen functional groups attached to an aromatic ring is 1. The summed E-state index contributed by atoms with van der Waals surface area (Å²) in [4.78, 5) is 12.0. The molecule has 1 aromatic carbocycles. The predicted octanol–water partition coefficient (Wildman–Crippen LogP) is 3.53. The first kappa shape index (κ1) is 13.8. The molecule has 1 aliphatic carbocycles. The molecular formula is C15H20FNO2. The summed E-state index contributed by atoms with van der Waals surface area (Å²) < 4.78 is 19.0. The molecule has 1 aromatic rings. The maximum absolute atomic E-state index is 13.6. The number of carbonyl (C=O) groups is 1. The zero-order chi connectivity index (χ0) is 14.0. The Labute approximate surface area is 112 Å². The Morgan fingerprint density at radius 1 is 1.37 bits per heavy atom. The standard InChI is InChI=1S/C15H20FNO2/c1-15(2)8-6-10(7-9-15)19-14(18)13-11(16)4-3-5-12(13)17/h3-5,10H,6-9,17H2,1-2H3. The van der Waals surface area contributed by atoms with Crippen molar-refractivity contribution in [3.8, 4) is 0 Å². The van der Waals surface area contributed by atoms with E-state index in [-0.39, 0.29) is 17.4 Å². The van der Waals surface area contributed by atoms with Gasteiger partial charge in [0, 0.05) is 5.69 Å². The van der Waals surface area contributed by atoms with Crippen LogP contribution in [0.2, 0.25) is 0 Å². The van der Waals surface area contributed by atoms with Gasteiger partial charge in [-0.05, 0) is 43.2 Å². The van der Waals surface area contributed by atoms with Gasteiger partial charge in [-0.15, -0.1) is 0 Å². The van der Waals surface area contributed by atoms with E-state index < -0.39 is 11.8 Å². The van der Waals surface area contributed by atoms with Gasteiger partial charge in [0.15, 0.2) is 0 Å². The van der Waals surface area contributed by atoms with E-state index >= 15 is 0 Å². The summed E-state index contributed by atoms with van der Waals surface area (Å²) in [5, 5.41) is 0. The Morgan fingerprint density at radius 2 is 2.00 bits per heavy atom. The van der Waals surface area contributed by atoms with Gasteiger partial charge in [0.25, 0.3) is 0 Å². The Morgan fingerprint density at radius 3 is 2.58 bits per heavy atom. The predicted molar refractivity (Wildman–Crippen MR) is 72.3 cm³/mol. The normalized spacial score (nSPS) is 19.1. The van der Waals surface area contributed by atoms with Crippen LogP contribution in [0.4, 0.5) is 10.1 Å². The fourth-order valence-corrected chi connectivity index (χ4v) is 2.46. The highest BCUT2D eigenvalue weighted by molar-refractivity contribution is 5.95. The molecule has 3 nitrogen and oxygen atoms in total. The largest absolute Gasteiger partial charge is 0.459 e. The lowest BCUT2D eigenvalue weighted by atomic mass is 9.76. The molecule has 0 aromatic heterocycles. The fraction of sp³-hybridized carbons (Fsp3) is 0.533. The third-order valence-corrected chi connectivity index (χ3v) is 3.81. The van der Waals surface area contributed by atoms with Crippen molar-refractivity contribution in [3.63, 3.8) is 0 Å². The number of halogens is 1. The van der Waals surface area contributed by atoms with E-state index in [4.69, 9.17) is 10.5 Å². The Balaban J connectivity index is 2.02. The summed E-state index contributed by atoms with van der Waals surface area (Å²) in [6, 6.07) is 4.20. The number of rotatable bonds is 2. The highest BCUT2D eigenvalue weighted by Crippen LogP contribution is 2.36. The number of hydrogen-bond donors (Lipinski definition) is 1. The molecule has 0 heterocycles. The van der Waals surface area contributed by atoms with Crippen molar-refractivity contribution in [2.24, 2.45) is 5.41 Å². The number of ether oxygens (including phenoxy) is 1. The summed E-state index contributed by atoms with van der Waals surface area (Å²) in [6.07, 6.45) is 3.55. The third-order valence-electron chi connectivity index (χ3n) is 3.81. The van der Waals surface area contributed by atoms with Gasteiger partial charge < -0.3 is 10.5 Å². The first-order chi connectivity index (χ1) is 8.89. The van der Waals surface area contributed by atoms with Gasteiger partial charge in [-0.1, -0.05) is 19.9 Å². The van der Waals surface area contributed by atoms with Gasteiger partial charge in [0.1, 0.15) is 17.5 Å². The van der Waals surface area contributed by atoms with Gasteiger partial charge in [-0.2, -0.15) is 0 Å². The van der Waals surface area contributed by atoms with E-state index in [1.807, 2.05) is 0 Å². The quantitative estimate of drug-likeness (QED) is 0.657. The van der Waals surface area contributed by atoms with E-state index in [1.165, 1.54) is 18.2 Å². The van der Waals surface area contributed by atoms with Crippen molar-refractivity contribution in [3.05, 3.63) is 29.6 Å². The lowest BCUT2D eigenvalue weighted by molar-refractivity contribution is 0.00919. The molecule has 1 saturated carbocycles. The molecule has 1 fully saturated rings. The molecule has 0 aliphatic heterocycles. The number of hydrogen-bond acceptors (Lipinski definition) is 3. The molecule has 0 spiro atoms. The first-order valence-corrected chi connectivity index (χ1v) is 6.64. The van der Waals surface area contributed by atoms with Crippen LogP contribution in [-0.2, 0) is 4.74 Å². The second-order valence-electron chi connectivity index (χ2n) is 5.97. The van der Waals surface area contributed by atoms with E-state index in [0.29, 0.717) is 5.41 Å². The maximum atomic E-state index is 13.6. The minimum absolute atomic E-state index is 0.125. The van der Waals surface area contributed by atoms with E-state index in [1.54, 1.807) is 0 Å². The molecule has 0 amide bonds. The van der Waals surface area contributed by atoms with Crippen molar-refractivity contribution >= 4 is 11.7 Å². The van der Waals surface area contributed by atoms with E-state index in [0.717, 1.165) is 25.7 Å². The van der Waals surface area contributed by atoms with Crippen molar-refractivity contribution in [2.45, 2.75) is 45.6 Å². The van der Waals surface area contributed by atoms with Gasteiger partial charge in [-0.25, -0.2) is 9.18 Å². The molecule has 0 unspecified atom stereocenters. The number of carbonyl (C=O) groups excluding carboxylic acids is 1. The smallest absolute Gasteiger partial charge is 0.343 e. The van der Waals surface area contributed by atoms with Crippen molar-refractivity contribution in [1.82, 2.24) is 0 Å². The number of nitrogens with two attached hydrogens (primary N) is 1. The first-order valence-electron chi connectivity index (χ1n) is 6.64. The average Bonchev–Trinajstić information content (AvgIpc) is 2.32. The molecule has 104 valence electrons. The molecule has 0 bridgehead atoms. The second kappa shape index (κ2) is 5.19. The number of esters is 1.